The number of para-hydroxylation sites is 1. The van der Waals surface area contributed by atoms with Gasteiger partial charge in [0.15, 0.2) is 16.6 Å². The molecule has 0 aliphatic rings. The van der Waals surface area contributed by atoms with Crippen LogP contribution in [0.2, 0.25) is 0 Å². The van der Waals surface area contributed by atoms with Crippen molar-refractivity contribution >= 4 is 45.1 Å². The number of nitrogens with one attached hydrogen (secondary N) is 1. The molecule has 1 aromatic heterocycles. The van der Waals surface area contributed by atoms with Crippen LogP contribution in [-0.2, 0) is 20.4 Å². The highest BCUT2D eigenvalue weighted by Crippen LogP contribution is 2.32. The predicted molar refractivity (Wildman–Crippen MR) is 91.5 cm³/mol. The molecule has 0 saturated carbocycles. The molecule has 0 spiro atoms. The number of amides is 1. The Morgan fingerprint density at radius 2 is 1.84 bits per heavy atom. The maximum Gasteiger partial charge on any atom is 0.308 e. The lowest BCUT2D eigenvalue weighted by Crippen LogP contribution is -2.16. The van der Waals surface area contributed by atoms with Crippen LogP contribution in [0.3, 0.4) is 0 Å². The average Bonchev–Trinajstić information content (AvgIpc) is 2.96. The number of benzene rings is 1. The molecule has 2 aromatic rings. The van der Waals surface area contributed by atoms with E-state index < -0.39 is 28.6 Å². The maximum absolute atomic E-state index is 12.5. The minimum Gasteiger partial charge on any atom is -0.423 e. The monoisotopic (exact) mass is 382 g/mol. The van der Waals surface area contributed by atoms with E-state index in [4.69, 9.17) is 9.47 Å². The Balaban J connectivity index is 2.34. The van der Waals surface area contributed by atoms with Crippen molar-refractivity contribution in [2.75, 3.05) is 11.6 Å². The van der Waals surface area contributed by atoms with Crippen LogP contribution in [0.4, 0.5) is 5.13 Å². The van der Waals surface area contributed by atoms with Crippen molar-refractivity contribution in [3.05, 3.63) is 30.0 Å². The van der Waals surface area contributed by atoms with Gasteiger partial charge in [0.1, 0.15) is 4.21 Å². The second-order valence-electron chi connectivity index (χ2n) is 4.71. The Kier molecular flexibility index (Phi) is 5.99. The molecule has 0 aliphatic heterocycles. The van der Waals surface area contributed by atoms with Gasteiger partial charge in [0.05, 0.1) is 22.6 Å². The lowest BCUT2D eigenvalue weighted by molar-refractivity contribution is -0.134. The number of rotatable bonds is 5. The lowest BCUT2D eigenvalue weighted by atomic mass is 10.1. The summed E-state index contributed by atoms with van der Waals surface area (Å²) in [7, 11) is -1.21. The Hall–Kier alpha value is -2.59. The molecule has 1 heterocycles. The molecular formula is C15H14N2O6S2. The molecule has 0 bridgehead atoms. The van der Waals surface area contributed by atoms with Gasteiger partial charge in [0.25, 0.3) is 5.91 Å². The first kappa shape index (κ1) is 18.7. The topological polar surface area (TPSA) is 112 Å². The van der Waals surface area contributed by atoms with E-state index in [2.05, 4.69) is 10.3 Å². The number of thiazole rings is 1. The highest BCUT2D eigenvalue weighted by atomic mass is 32.2. The van der Waals surface area contributed by atoms with Crippen molar-refractivity contribution in [1.82, 2.24) is 4.98 Å². The Bertz CT molecular complexity index is 861. The predicted octanol–water partition coefficient (Wildman–Crippen LogP) is 1.98. The number of hydrogen-bond donors (Lipinski definition) is 1. The summed E-state index contributed by atoms with van der Waals surface area (Å²) in [5.74, 6) is -2.14. The van der Waals surface area contributed by atoms with Gasteiger partial charge in [-0.25, -0.2) is 4.98 Å². The van der Waals surface area contributed by atoms with E-state index in [9.17, 15) is 18.6 Å². The van der Waals surface area contributed by atoms with Gasteiger partial charge in [-0.05, 0) is 12.1 Å². The Labute approximate surface area is 149 Å². The van der Waals surface area contributed by atoms with Gasteiger partial charge < -0.3 is 9.47 Å². The fraction of sp³-hybridized carbons (Fsp3) is 0.200. The summed E-state index contributed by atoms with van der Waals surface area (Å²) in [6.07, 6.45) is 2.90. The van der Waals surface area contributed by atoms with Crippen molar-refractivity contribution in [3.8, 4) is 11.5 Å². The zero-order valence-electron chi connectivity index (χ0n) is 13.5. The van der Waals surface area contributed by atoms with Crippen LogP contribution in [0.5, 0.6) is 11.5 Å². The maximum atomic E-state index is 12.5. The van der Waals surface area contributed by atoms with Crippen molar-refractivity contribution in [3.63, 3.8) is 0 Å². The molecule has 0 radical (unpaired) electrons. The molecule has 1 aromatic carbocycles. The molecule has 0 aliphatic carbocycles. The van der Waals surface area contributed by atoms with Crippen LogP contribution >= 0.6 is 11.3 Å². The van der Waals surface area contributed by atoms with Gasteiger partial charge in [-0.3, -0.25) is 23.9 Å². The van der Waals surface area contributed by atoms with E-state index in [1.807, 2.05) is 0 Å². The van der Waals surface area contributed by atoms with Crippen LogP contribution < -0.4 is 14.8 Å². The summed E-state index contributed by atoms with van der Waals surface area (Å²) in [5.41, 5.74) is -0.0108. The zero-order chi connectivity index (χ0) is 18.6. The summed E-state index contributed by atoms with van der Waals surface area (Å²) in [5, 5.41) is 2.77. The first-order chi connectivity index (χ1) is 11.8. The molecule has 8 nitrogen and oxygen atoms in total. The second-order valence-corrected chi connectivity index (χ2v) is 7.35. The fourth-order valence-corrected chi connectivity index (χ4v) is 3.25. The van der Waals surface area contributed by atoms with Crippen molar-refractivity contribution < 1.29 is 28.1 Å². The summed E-state index contributed by atoms with van der Waals surface area (Å²) in [6, 6.07) is 4.29. The molecule has 1 amide bonds. The van der Waals surface area contributed by atoms with Crippen molar-refractivity contribution in [2.24, 2.45) is 0 Å². The SMILES string of the molecule is CC(=O)Oc1cccc(C(=O)Nc2ncc(S(C)=O)s2)c1OC(C)=O. The summed E-state index contributed by atoms with van der Waals surface area (Å²) in [6.45, 7) is 2.35. The van der Waals surface area contributed by atoms with Gasteiger partial charge >= 0.3 is 11.9 Å². The van der Waals surface area contributed by atoms with E-state index in [1.54, 1.807) is 0 Å². The van der Waals surface area contributed by atoms with E-state index in [1.165, 1.54) is 37.6 Å². The van der Waals surface area contributed by atoms with Gasteiger partial charge in [-0.1, -0.05) is 17.4 Å². The molecule has 10 heteroatoms. The molecule has 0 saturated heterocycles. The molecular weight excluding hydrogens is 368 g/mol. The third-order valence-corrected chi connectivity index (χ3v) is 5.04. The van der Waals surface area contributed by atoms with Crippen LogP contribution in [0.15, 0.2) is 28.6 Å². The minimum absolute atomic E-state index is 0.0108. The fourth-order valence-electron chi connectivity index (χ4n) is 1.79. The quantitative estimate of drug-likeness (QED) is 0.621. The normalized spacial score (nSPS) is 11.5. The first-order valence-corrected chi connectivity index (χ1v) is 9.26. The number of nitrogens with zero attached hydrogens (tertiary/aromatic N) is 1. The highest BCUT2D eigenvalue weighted by molar-refractivity contribution is 7.86. The summed E-state index contributed by atoms with van der Waals surface area (Å²) >= 11 is 1.06. The third kappa shape index (κ3) is 4.94. The zero-order valence-corrected chi connectivity index (χ0v) is 15.2. The molecule has 1 N–H and O–H groups in total. The van der Waals surface area contributed by atoms with Crippen LogP contribution in [0, 0.1) is 0 Å². The molecule has 132 valence electrons. The van der Waals surface area contributed by atoms with E-state index in [0.29, 0.717) is 4.21 Å². The Morgan fingerprint density at radius 1 is 1.16 bits per heavy atom. The van der Waals surface area contributed by atoms with E-state index >= 15 is 0 Å². The number of anilines is 1. The van der Waals surface area contributed by atoms with E-state index in [0.717, 1.165) is 18.3 Å². The average molecular weight is 382 g/mol. The van der Waals surface area contributed by atoms with Crippen molar-refractivity contribution in [2.45, 2.75) is 18.1 Å². The highest BCUT2D eigenvalue weighted by Gasteiger charge is 2.21. The van der Waals surface area contributed by atoms with Gasteiger partial charge in [0.2, 0.25) is 0 Å². The number of hydrogen-bond acceptors (Lipinski definition) is 8. The second kappa shape index (κ2) is 7.99. The molecule has 1 atom stereocenters. The van der Waals surface area contributed by atoms with Gasteiger partial charge in [-0.2, -0.15) is 0 Å². The number of carbonyl (C=O) groups excluding carboxylic acids is 3. The minimum atomic E-state index is -1.21. The first-order valence-electron chi connectivity index (χ1n) is 6.88. The van der Waals surface area contributed by atoms with Crippen LogP contribution in [0.1, 0.15) is 24.2 Å². The van der Waals surface area contributed by atoms with Crippen molar-refractivity contribution in [1.29, 1.82) is 0 Å². The molecule has 0 fully saturated rings. The standard InChI is InChI=1S/C15H14N2O6S2/c1-8(18)22-11-6-4-5-10(13(11)23-9(2)19)14(20)17-15-16-7-12(24-15)25(3)21/h4-7H,1-3H3,(H,16,17,20). The van der Waals surface area contributed by atoms with Crippen LogP contribution in [-0.4, -0.2) is 33.3 Å². The molecule has 2 rings (SSSR count). The van der Waals surface area contributed by atoms with E-state index in [-0.39, 0.29) is 22.2 Å². The number of aromatic nitrogens is 1. The lowest BCUT2D eigenvalue weighted by Gasteiger charge is -2.12. The Morgan fingerprint density at radius 3 is 2.40 bits per heavy atom. The largest absolute Gasteiger partial charge is 0.423 e. The molecule has 25 heavy (non-hydrogen) atoms. The third-order valence-electron chi connectivity index (χ3n) is 2.71. The van der Waals surface area contributed by atoms with Gasteiger partial charge in [0, 0.05) is 20.1 Å². The molecule has 1 unspecified atom stereocenters. The summed E-state index contributed by atoms with van der Waals surface area (Å²) in [4.78, 5) is 39.0. The summed E-state index contributed by atoms with van der Waals surface area (Å²) < 4.78 is 21.9. The smallest absolute Gasteiger partial charge is 0.308 e. The number of esters is 2. The number of carbonyl (C=O) groups is 3. The van der Waals surface area contributed by atoms with Gasteiger partial charge in [-0.15, -0.1) is 0 Å². The van der Waals surface area contributed by atoms with Crippen LogP contribution in [0.25, 0.3) is 0 Å². The number of ether oxygens (including phenoxy) is 2.